The fourth-order valence-corrected chi connectivity index (χ4v) is 2.95. The minimum atomic E-state index is -0.270. The number of nitrogens with zero attached hydrogens (tertiary/aromatic N) is 3. The smallest absolute Gasteiger partial charge is 0.276 e. The second-order valence-electron chi connectivity index (χ2n) is 5.49. The monoisotopic (exact) mass is 330 g/mol. The molecule has 1 amide bonds. The number of hydrogen-bond acceptors (Lipinski definition) is 5. The van der Waals surface area contributed by atoms with Gasteiger partial charge in [0, 0.05) is 12.4 Å². The predicted molar refractivity (Wildman–Crippen MR) is 91.3 cm³/mol. The molecule has 6 nitrogen and oxygen atoms in total. The lowest BCUT2D eigenvalue weighted by molar-refractivity contribution is 0.102. The van der Waals surface area contributed by atoms with E-state index >= 15 is 0 Å². The van der Waals surface area contributed by atoms with Crippen LogP contribution < -0.4 is 10.1 Å². The van der Waals surface area contributed by atoms with Crippen LogP contribution in [-0.2, 0) is 7.05 Å². The Morgan fingerprint density at radius 3 is 2.83 bits per heavy atom. The molecule has 0 radical (unpaired) electrons. The number of ether oxygens (including phenoxy) is 1. The number of amides is 1. The number of rotatable bonds is 4. The molecule has 0 aliphatic rings. The summed E-state index contributed by atoms with van der Waals surface area (Å²) in [6.07, 6.45) is 0.0329. The van der Waals surface area contributed by atoms with E-state index in [1.807, 2.05) is 46.0 Å². The molecule has 1 N–H and O–H groups in total. The lowest BCUT2D eigenvalue weighted by atomic mass is 10.2. The fourth-order valence-electron chi connectivity index (χ4n) is 2.36. The summed E-state index contributed by atoms with van der Waals surface area (Å²) < 4.78 is 7.58. The van der Waals surface area contributed by atoms with E-state index in [2.05, 4.69) is 15.4 Å². The van der Waals surface area contributed by atoms with E-state index in [0.717, 1.165) is 15.9 Å². The number of anilines is 1. The number of thiazole rings is 1. The van der Waals surface area contributed by atoms with Crippen molar-refractivity contribution >= 4 is 34.0 Å². The molecule has 23 heavy (non-hydrogen) atoms. The third-order valence-corrected chi connectivity index (χ3v) is 4.06. The molecule has 0 bridgehead atoms. The number of fused-ring (bicyclic) bond motifs is 1. The van der Waals surface area contributed by atoms with E-state index in [-0.39, 0.29) is 12.0 Å². The van der Waals surface area contributed by atoms with Crippen molar-refractivity contribution < 1.29 is 9.53 Å². The zero-order chi connectivity index (χ0) is 16.6. The third kappa shape index (κ3) is 3.05. The Labute approximate surface area is 138 Å². The Morgan fingerprint density at radius 2 is 2.17 bits per heavy atom. The van der Waals surface area contributed by atoms with Crippen molar-refractivity contribution in [1.82, 2.24) is 14.8 Å². The number of aryl methyl sites for hydroxylation is 2. The summed E-state index contributed by atoms with van der Waals surface area (Å²) in [6.45, 7) is 5.79. The second-order valence-corrected chi connectivity index (χ2v) is 6.56. The van der Waals surface area contributed by atoms with E-state index in [1.165, 1.54) is 11.3 Å². The molecule has 0 atom stereocenters. The molecule has 0 saturated heterocycles. The minimum absolute atomic E-state index is 0.0329. The van der Waals surface area contributed by atoms with Crippen molar-refractivity contribution in [3.8, 4) is 5.75 Å². The van der Waals surface area contributed by atoms with Crippen LogP contribution in [0.4, 0.5) is 5.82 Å². The molecule has 0 unspecified atom stereocenters. The summed E-state index contributed by atoms with van der Waals surface area (Å²) in [5.41, 5.74) is 1.29. The van der Waals surface area contributed by atoms with E-state index < -0.39 is 0 Å². The molecule has 0 fully saturated rings. The molecular weight excluding hydrogens is 312 g/mol. The second kappa shape index (κ2) is 6.00. The first-order valence-electron chi connectivity index (χ1n) is 7.31. The largest absolute Gasteiger partial charge is 0.490 e. The van der Waals surface area contributed by atoms with Gasteiger partial charge in [-0.15, -0.1) is 11.3 Å². The molecule has 120 valence electrons. The summed E-state index contributed by atoms with van der Waals surface area (Å²) >= 11 is 1.44. The summed E-state index contributed by atoms with van der Waals surface area (Å²) in [6, 6.07) is 5.74. The molecule has 2 heterocycles. The Morgan fingerprint density at radius 1 is 1.39 bits per heavy atom. The van der Waals surface area contributed by atoms with Gasteiger partial charge in [0.25, 0.3) is 5.91 Å². The number of nitrogens with one attached hydrogen (secondary N) is 1. The lowest BCUT2D eigenvalue weighted by Gasteiger charge is -2.11. The molecule has 3 rings (SSSR count). The van der Waals surface area contributed by atoms with Gasteiger partial charge in [0.1, 0.15) is 11.4 Å². The zero-order valence-corrected chi connectivity index (χ0v) is 14.3. The first-order valence-corrected chi connectivity index (χ1v) is 8.19. The van der Waals surface area contributed by atoms with E-state index in [4.69, 9.17) is 4.74 Å². The van der Waals surface area contributed by atoms with Gasteiger partial charge in [-0.05, 0) is 32.9 Å². The van der Waals surface area contributed by atoms with Crippen LogP contribution in [0.15, 0.2) is 23.6 Å². The first-order chi connectivity index (χ1) is 11.0. The normalized spacial score (nSPS) is 11.2. The van der Waals surface area contributed by atoms with Crippen molar-refractivity contribution in [2.75, 3.05) is 5.32 Å². The van der Waals surface area contributed by atoms with Crippen LogP contribution in [0, 0.1) is 6.92 Å². The molecule has 3 aromatic rings. The van der Waals surface area contributed by atoms with Crippen molar-refractivity contribution in [3.63, 3.8) is 0 Å². The van der Waals surface area contributed by atoms with Crippen LogP contribution in [-0.4, -0.2) is 26.8 Å². The van der Waals surface area contributed by atoms with Gasteiger partial charge in [-0.2, -0.15) is 5.10 Å². The van der Waals surface area contributed by atoms with E-state index in [1.54, 1.807) is 10.1 Å². The average Bonchev–Trinajstić information content (AvgIpc) is 3.04. The molecule has 0 aliphatic carbocycles. The van der Waals surface area contributed by atoms with Crippen LogP contribution in [0.25, 0.3) is 10.9 Å². The Kier molecular flexibility index (Phi) is 4.04. The van der Waals surface area contributed by atoms with Gasteiger partial charge in [0.2, 0.25) is 0 Å². The lowest BCUT2D eigenvalue weighted by Crippen LogP contribution is -2.13. The van der Waals surface area contributed by atoms with Crippen molar-refractivity contribution in [3.05, 3.63) is 34.3 Å². The highest BCUT2D eigenvalue weighted by atomic mass is 32.1. The Balaban J connectivity index is 2.01. The highest BCUT2D eigenvalue weighted by Gasteiger charge is 2.18. The highest BCUT2D eigenvalue weighted by molar-refractivity contribution is 7.09. The zero-order valence-electron chi connectivity index (χ0n) is 13.5. The highest BCUT2D eigenvalue weighted by Crippen LogP contribution is 2.32. The van der Waals surface area contributed by atoms with Crippen LogP contribution >= 0.6 is 11.3 Å². The molecule has 2 aromatic heterocycles. The summed E-state index contributed by atoms with van der Waals surface area (Å²) in [5, 5.41) is 10.6. The van der Waals surface area contributed by atoms with Crippen molar-refractivity contribution in [2.24, 2.45) is 7.05 Å². The maximum Gasteiger partial charge on any atom is 0.276 e. The van der Waals surface area contributed by atoms with Crippen LogP contribution in [0.5, 0.6) is 5.75 Å². The summed E-state index contributed by atoms with van der Waals surface area (Å²) in [5.74, 6) is 0.915. The van der Waals surface area contributed by atoms with Gasteiger partial charge in [0.15, 0.2) is 5.82 Å². The standard InChI is InChI=1S/C16H18N4O2S/c1-9(2)22-13-7-5-6-12-14(13)15(19-20(12)4)18-16(21)11-8-23-10(3)17-11/h5-9H,1-4H3,(H,18,19,21). The topological polar surface area (TPSA) is 69.0 Å². The Hall–Kier alpha value is -2.41. The quantitative estimate of drug-likeness (QED) is 0.796. The van der Waals surface area contributed by atoms with Gasteiger partial charge in [-0.1, -0.05) is 6.07 Å². The third-order valence-electron chi connectivity index (χ3n) is 3.29. The Bertz CT molecular complexity index is 866. The van der Waals surface area contributed by atoms with Gasteiger partial charge in [0.05, 0.1) is 22.0 Å². The van der Waals surface area contributed by atoms with Gasteiger partial charge in [-0.25, -0.2) is 4.98 Å². The van der Waals surface area contributed by atoms with Crippen LogP contribution in [0.2, 0.25) is 0 Å². The molecule has 0 spiro atoms. The number of benzene rings is 1. The van der Waals surface area contributed by atoms with Crippen molar-refractivity contribution in [2.45, 2.75) is 26.9 Å². The van der Waals surface area contributed by atoms with Crippen molar-refractivity contribution in [1.29, 1.82) is 0 Å². The molecule has 0 saturated carbocycles. The van der Waals surface area contributed by atoms with Gasteiger partial charge in [-0.3, -0.25) is 9.48 Å². The minimum Gasteiger partial charge on any atom is -0.490 e. The average molecular weight is 330 g/mol. The molecule has 1 aromatic carbocycles. The van der Waals surface area contributed by atoms with E-state index in [9.17, 15) is 4.79 Å². The molecule has 0 aliphatic heterocycles. The SMILES string of the molecule is Cc1nc(C(=O)Nc2nn(C)c3cccc(OC(C)C)c23)cs1. The number of hydrogen-bond donors (Lipinski definition) is 1. The number of carbonyl (C=O) groups excluding carboxylic acids is 1. The number of aromatic nitrogens is 3. The molecular formula is C16H18N4O2S. The summed E-state index contributed by atoms with van der Waals surface area (Å²) in [4.78, 5) is 16.6. The molecule has 7 heteroatoms. The van der Waals surface area contributed by atoms with Crippen LogP contribution in [0.3, 0.4) is 0 Å². The van der Waals surface area contributed by atoms with Crippen LogP contribution in [0.1, 0.15) is 29.3 Å². The summed E-state index contributed by atoms with van der Waals surface area (Å²) in [7, 11) is 1.84. The first kappa shape index (κ1) is 15.5. The fraction of sp³-hybridized carbons (Fsp3) is 0.312. The maximum atomic E-state index is 12.4. The van der Waals surface area contributed by atoms with Gasteiger partial charge >= 0.3 is 0 Å². The number of carbonyl (C=O) groups is 1. The van der Waals surface area contributed by atoms with E-state index in [0.29, 0.717) is 17.3 Å². The maximum absolute atomic E-state index is 12.4. The predicted octanol–water partition coefficient (Wildman–Crippen LogP) is 3.38. The van der Waals surface area contributed by atoms with Gasteiger partial charge < -0.3 is 10.1 Å².